The molecule has 0 spiro atoms. The summed E-state index contributed by atoms with van der Waals surface area (Å²) < 4.78 is 16.3. The Morgan fingerprint density at radius 3 is 2.88 bits per heavy atom. The summed E-state index contributed by atoms with van der Waals surface area (Å²) in [5, 5.41) is 4.04. The van der Waals surface area contributed by atoms with E-state index in [9.17, 15) is 4.79 Å². The quantitative estimate of drug-likeness (QED) is 0.772. The Labute approximate surface area is 148 Å². The first kappa shape index (κ1) is 17.0. The largest absolute Gasteiger partial charge is 0.383 e. The van der Waals surface area contributed by atoms with Gasteiger partial charge in [-0.2, -0.15) is 0 Å². The minimum Gasteiger partial charge on any atom is -0.383 e. The van der Waals surface area contributed by atoms with Gasteiger partial charge in [0.2, 0.25) is 0 Å². The molecule has 7 nitrogen and oxygen atoms in total. The maximum atomic E-state index is 13.0. The molecule has 2 saturated heterocycles. The molecule has 1 aliphatic carbocycles. The van der Waals surface area contributed by atoms with Crippen LogP contribution in [0.25, 0.3) is 0 Å². The van der Waals surface area contributed by atoms with Gasteiger partial charge >= 0.3 is 0 Å². The van der Waals surface area contributed by atoms with E-state index in [2.05, 4.69) is 10.1 Å². The Hall–Kier alpha value is -1.44. The van der Waals surface area contributed by atoms with Crippen LogP contribution < -0.4 is 0 Å². The topological polar surface area (TPSA) is 68.0 Å². The molecule has 1 saturated carbocycles. The number of hydrogen-bond acceptors (Lipinski definition) is 6. The first-order valence-electron chi connectivity index (χ1n) is 9.23. The van der Waals surface area contributed by atoms with E-state index in [0.717, 1.165) is 44.7 Å². The molecule has 25 heavy (non-hydrogen) atoms. The van der Waals surface area contributed by atoms with Crippen molar-refractivity contribution in [2.75, 3.05) is 47.0 Å². The molecule has 3 aliphatic rings. The minimum absolute atomic E-state index is 0.00575. The third-order valence-electron chi connectivity index (χ3n) is 5.84. The molecule has 3 heterocycles. The summed E-state index contributed by atoms with van der Waals surface area (Å²) in [5.41, 5.74) is 0.451. The van der Waals surface area contributed by atoms with E-state index in [-0.39, 0.29) is 18.1 Å². The lowest BCUT2D eigenvalue weighted by Crippen LogP contribution is -2.53. The third kappa shape index (κ3) is 3.32. The Balaban J connectivity index is 1.49. The predicted octanol–water partition coefficient (Wildman–Crippen LogP) is 1.36. The number of piperidine rings is 1. The van der Waals surface area contributed by atoms with E-state index in [4.69, 9.17) is 14.0 Å². The van der Waals surface area contributed by atoms with Crippen molar-refractivity contribution < 1.29 is 18.8 Å². The number of aromatic nitrogens is 1. The Morgan fingerprint density at radius 2 is 2.16 bits per heavy atom. The number of carbonyl (C=O) groups is 1. The lowest BCUT2D eigenvalue weighted by molar-refractivity contribution is -0.0160. The van der Waals surface area contributed by atoms with Gasteiger partial charge in [-0.1, -0.05) is 5.16 Å². The van der Waals surface area contributed by atoms with Crippen molar-refractivity contribution in [1.29, 1.82) is 0 Å². The van der Waals surface area contributed by atoms with E-state index in [1.165, 1.54) is 0 Å². The number of methoxy groups -OCH3 is 2. The number of fused-ring (bicyclic) bond motifs is 1. The van der Waals surface area contributed by atoms with Crippen LogP contribution in [0.4, 0.5) is 0 Å². The van der Waals surface area contributed by atoms with Gasteiger partial charge in [-0.05, 0) is 19.3 Å². The highest BCUT2D eigenvalue weighted by molar-refractivity contribution is 5.92. The van der Waals surface area contributed by atoms with E-state index in [0.29, 0.717) is 30.7 Å². The third-order valence-corrected chi connectivity index (χ3v) is 5.84. The van der Waals surface area contributed by atoms with E-state index >= 15 is 0 Å². The second-order valence-corrected chi connectivity index (χ2v) is 7.43. The Kier molecular flexibility index (Phi) is 4.80. The van der Waals surface area contributed by atoms with Gasteiger partial charge in [-0.15, -0.1) is 0 Å². The average molecular weight is 349 g/mol. The molecular weight excluding hydrogens is 322 g/mol. The molecule has 3 fully saturated rings. The number of amides is 1. The summed E-state index contributed by atoms with van der Waals surface area (Å²) in [6.45, 7) is 4.12. The predicted molar refractivity (Wildman–Crippen MR) is 90.5 cm³/mol. The highest BCUT2D eigenvalue weighted by Crippen LogP contribution is 2.40. The van der Waals surface area contributed by atoms with Crippen molar-refractivity contribution in [1.82, 2.24) is 15.0 Å². The summed E-state index contributed by atoms with van der Waals surface area (Å²) in [5.74, 6) is 1.67. The van der Waals surface area contributed by atoms with Crippen LogP contribution in [0.5, 0.6) is 0 Å². The molecule has 1 aromatic heterocycles. The Morgan fingerprint density at radius 1 is 1.32 bits per heavy atom. The number of nitrogens with zero attached hydrogens (tertiary/aromatic N) is 3. The average Bonchev–Trinajstić information content (AvgIpc) is 3.20. The van der Waals surface area contributed by atoms with Crippen LogP contribution in [0, 0.1) is 5.92 Å². The number of hydrogen-bond donors (Lipinski definition) is 0. The van der Waals surface area contributed by atoms with Crippen LogP contribution in [-0.2, 0) is 9.47 Å². The zero-order valence-corrected chi connectivity index (χ0v) is 15.0. The van der Waals surface area contributed by atoms with Gasteiger partial charge in [0.05, 0.1) is 18.8 Å². The van der Waals surface area contributed by atoms with Crippen molar-refractivity contribution in [3.63, 3.8) is 0 Å². The van der Waals surface area contributed by atoms with E-state index in [1.807, 2.05) is 11.0 Å². The summed E-state index contributed by atoms with van der Waals surface area (Å²) >= 11 is 0. The van der Waals surface area contributed by atoms with Crippen LogP contribution in [0.3, 0.4) is 0 Å². The lowest BCUT2D eigenvalue weighted by atomic mass is 9.88. The van der Waals surface area contributed by atoms with Crippen LogP contribution in [0.2, 0.25) is 0 Å². The van der Waals surface area contributed by atoms with Crippen LogP contribution in [-0.4, -0.2) is 80.0 Å². The van der Waals surface area contributed by atoms with Crippen molar-refractivity contribution in [3.05, 3.63) is 17.5 Å². The summed E-state index contributed by atoms with van der Waals surface area (Å²) in [7, 11) is 3.50. The van der Waals surface area contributed by atoms with Crippen molar-refractivity contribution in [2.45, 2.75) is 37.3 Å². The highest BCUT2D eigenvalue weighted by Gasteiger charge is 2.46. The zero-order valence-electron chi connectivity index (χ0n) is 15.0. The molecule has 0 radical (unpaired) electrons. The van der Waals surface area contributed by atoms with E-state index < -0.39 is 0 Å². The van der Waals surface area contributed by atoms with Gasteiger partial charge in [-0.3, -0.25) is 9.69 Å². The number of rotatable bonds is 6. The second-order valence-electron chi connectivity index (χ2n) is 7.43. The van der Waals surface area contributed by atoms with Crippen molar-refractivity contribution >= 4 is 5.91 Å². The van der Waals surface area contributed by atoms with Crippen molar-refractivity contribution in [2.24, 2.45) is 5.92 Å². The molecule has 4 rings (SSSR count). The first-order chi connectivity index (χ1) is 12.2. The zero-order chi connectivity index (χ0) is 17.4. The molecule has 0 N–H and O–H groups in total. The standard InChI is InChI=1S/C18H27N3O4/c1-23-8-7-20-10-13-15(11-20)21(6-5-16(13)24-2)18(22)14-9-17(25-19-14)12-3-4-12/h9,12-13,15-16H,3-8,10-11H2,1-2H3/t13-,15+,16+/m0/s1. The van der Waals surface area contributed by atoms with Gasteiger partial charge in [0.25, 0.3) is 5.91 Å². The van der Waals surface area contributed by atoms with Gasteiger partial charge in [-0.25, -0.2) is 0 Å². The first-order valence-corrected chi connectivity index (χ1v) is 9.23. The SMILES string of the molecule is COCCN1C[C@H]2[C@@H](C1)N(C(=O)c1cc(C3CC3)on1)CC[C@H]2OC. The number of likely N-dealkylation sites (tertiary alicyclic amines) is 2. The molecule has 0 unspecified atom stereocenters. The van der Waals surface area contributed by atoms with Crippen LogP contribution >= 0.6 is 0 Å². The van der Waals surface area contributed by atoms with Gasteiger partial charge in [0.1, 0.15) is 5.76 Å². The molecule has 1 amide bonds. The lowest BCUT2D eigenvalue weighted by Gasteiger charge is -2.40. The maximum absolute atomic E-state index is 13.0. The number of ether oxygens (including phenoxy) is 2. The van der Waals surface area contributed by atoms with Crippen molar-refractivity contribution in [3.8, 4) is 0 Å². The molecule has 138 valence electrons. The fraction of sp³-hybridized carbons (Fsp3) is 0.778. The Bertz CT molecular complexity index is 615. The van der Waals surface area contributed by atoms with Crippen LogP contribution in [0.15, 0.2) is 10.6 Å². The fourth-order valence-corrected chi connectivity index (χ4v) is 4.28. The fourth-order valence-electron chi connectivity index (χ4n) is 4.28. The molecule has 0 aromatic carbocycles. The van der Waals surface area contributed by atoms with Gasteiger partial charge in [0, 0.05) is 58.3 Å². The molecular formula is C18H27N3O4. The smallest absolute Gasteiger partial charge is 0.276 e. The monoisotopic (exact) mass is 349 g/mol. The normalized spacial score (nSPS) is 29.8. The minimum atomic E-state index is -0.00575. The van der Waals surface area contributed by atoms with Gasteiger partial charge in [0.15, 0.2) is 5.69 Å². The summed E-state index contributed by atoms with van der Waals surface area (Å²) in [4.78, 5) is 17.4. The summed E-state index contributed by atoms with van der Waals surface area (Å²) in [6, 6.07) is 2.01. The van der Waals surface area contributed by atoms with E-state index in [1.54, 1.807) is 14.2 Å². The number of carbonyl (C=O) groups excluding carboxylic acids is 1. The molecule has 3 atom stereocenters. The highest BCUT2D eigenvalue weighted by atomic mass is 16.5. The second kappa shape index (κ2) is 7.05. The molecule has 2 aliphatic heterocycles. The molecule has 7 heteroatoms. The maximum Gasteiger partial charge on any atom is 0.276 e. The summed E-state index contributed by atoms with van der Waals surface area (Å²) in [6.07, 6.45) is 3.36. The van der Waals surface area contributed by atoms with Gasteiger partial charge < -0.3 is 18.9 Å². The molecule has 0 bridgehead atoms. The van der Waals surface area contributed by atoms with Crippen LogP contribution in [0.1, 0.15) is 41.4 Å². The molecule has 1 aromatic rings.